The Balaban J connectivity index is 0.00000324. The van der Waals surface area contributed by atoms with Gasteiger partial charge in [-0.25, -0.2) is 0 Å². The zero-order valence-corrected chi connectivity index (χ0v) is 20.0. The van der Waals surface area contributed by atoms with E-state index in [0.717, 1.165) is 5.69 Å². The van der Waals surface area contributed by atoms with Gasteiger partial charge in [0.05, 0.1) is 11.6 Å². The maximum Gasteiger partial charge on any atom is 0.255 e. The monoisotopic (exact) mass is 493 g/mol. The van der Waals surface area contributed by atoms with Gasteiger partial charge in [-0.2, -0.15) is 0 Å². The highest BCUT2D eigenvalue weighted by Gasteiger charge is 2.64. The summed E-state index contributed by atoms with van der Waals surface area (Å²) in [4.78, 5) is 42.0. The molecule has 0 bridgehead atoms. The lowest BCUT2D eigenvalue weighted by molar-refractivity contribution is -0.153. The molecule has 0 saturated heterocycles. The number of rotatable bonds is 3. The molecular weight excluding hydrogens is 466 g/mol. The van der Waals surface area contributed by atoms with Crippen LogP contribution in [0.2, 0.25) is 0 Å². The van der Waals surface area contributed by atoms with Crippen molar-refractivity contribution in [2.24, 2.45) is 17.6 Å². The van der Waals surface area contributed by atoms with Gasteiger partial charge in [0.15, 0.2) is 11.4 Å². The fourth-order valence-corrected chi connectivity index (χ4v) is 5.65. The molecule has 184 valence electrons. The first-order chi connectivity index (χ1) is 15.3. The highest BCUT2D eigenvalue weighted by atomic mass is 35.5. The predicted octanol–water partition coefficient (Wildman–Crippen LogP) is 0.452. The van der Waals surface area contributed by atoms with E-state index >= 15 is 0 Å². The van der Waals surface area contributed by atoms with Gasteiger partial charge in [-0.05, 0) is 50.6 Å². The Labute approximate surface area is 202 Å². The number of ketones is 2. The number of nitrogens with two attached hydrogens (primary N) is 1. The number of Topliss-reactive ketones (excluding diaryl/α,β-unsaturated/α-hetero) is 2. The van der Waals surface area contributed by atoms with Crippen LogP contribution in [0.4, 0.5) is 5.69 Å². The number of phenols is 1. The van der Waals surface area contributed by atoms with Crippen LogP contribution in [0.3, 0.4) is 0 Å². The Hall–Kier alpha value is -3.08. The number of hydrogen-bond acceptors (Lipinski definition) is 9. The second-order valence-corrected chi connectivity index (χ2v) is 9.31. The maximum atomic E-state index is 13.7. The molecule has 1 amide bonds. The van der Waals surface area contributed by atoms with Crippen LogP contribution >= 0.6 is 12.4 Å². The molecule has 1 aromatic carbocycles. The van der Waals surface area contributed by atoms with E-state index in [2.05, 4.69) is 0 Å². The van der Waals surface area contributed by atoms with E-state index < -0.39 is 58.0 Å². The molecule has 11 heteroatoms. The molecule has 0 heterocycles. The van der Waals surface area contributed by atoms with Crippen molar-refractivity contribution in [3.63, 3.8) is 0 Å². The molecule has 3 aliphatic carbocycles. The first kappa shape index (κ1) is 25.5. The van der Waals surface area contributed by atoms with Crippen LogP contribution in [0.25, 0.3) is 5.76 Å². The average Bonchev–Trinajstić information content (AvgIpc) is 2.70. The number of aromatic hydroxyl groups is 1. The number of amides is 1. The molecule has 1 fully saturated rings. The lowest BCUT2D eigenvalue weighted by Crippen LogP contribution is -2.65. The first-order valence-corrected chi connectivity index (χ1v) is 10.5. The predicted molar refractivity (Wildman–Crippen MR) is 126 cm³/mol. The number of fused-ring (bicyclic) bond motifs is 3. The Morgan fingerprint density at radius 2 is 1.74 bits per heavy atom. The van der Waals surface area contributed by atoms with Gasteiger partial charge in [-0.3, -0.25) is 19.3 Å². The van der Waals surface area contributed by atoms with Crippen LogP contribution in [-0.4, -0.2) is 82.6 Å². The van der Waals surface area contributed by atoms with Gasteiger partial charge in [0.25, 0.3) is 5.91 Å². The first-order valence-electron chi connectivity index (χ1n) is 10.5. The third-order valence-corrected chi connectivity index (χ3v) is 7.06. The molecule has 0 radical (unpaired) electrons. The zero-order valence-electron chi connectivity index (χ0n) is 19.2. The molecule has 4 atom stereocenters. The highest BCUT2D eigenvalue weighted by molar-refractivity contribution is 6.24. The van der Waals surface area contributed by atoms with Gasteiger partial charge in [-0.15, -0.1) is 12.4 Å². The normalized spacial score (nSPS) is 28.2. The molecule has 6 N–H and O–H groups in total. The fraction of sp³-hybridized carbons (Fsp3) is 0.435. The van der Waals surface area contributed by atoms with Crippen molar-refractivity contribution in [2.75, 3.05) is 33.1 Å². The van der Waals surface area contributed by atoms with Gasteiger partial charge in [-0.1, -0.05) is 0 Å². The lowest BCUT2D eigenvalue weighted by Gasteiger charge is -2.50. The van der Waals surface area contributed by atoms with Crippen LogP contribution in [0, 0.1) is 11.8 Å². The molecule has 1 aromatic rings. The minimum absolute atomic E-state index is 0. The number of carbonyl (C=O) groups is 3. The zero-order chi connectivity index (χ0) is 24.6. The van der Waals surface area contributed by atoms with Gasteiger partial charge < -0.3 is 31.1 Å². The summed E-state index contributed by atoms with van der Waals surface area (Å²) in [5, 5.41) is 43.9. The second kappa shape index (κ2) is 8.30. The number of anilines is 1. The smallest absolute Gasteiger partial charge is 0.255 e. The Bertz CT molecular complexity index is 1170. The fourth-order valence-electron chi connectivity index (χ4n) is 5.65. The maximum absolute atomic E-state index is 13.7. The molecular formula is C23H28ClN3O7. The summed E-state index contributed by atoms with van der Waals surface area (Å²) in [7, 11) is 6.75. The van der Waals surface area contributed by atoms with Gasteiger partial charge >= 0.3 is 0 Å². The van der Waals surface area contributed by atoms with Crippen molar-refractivity contribution < 1.29 is 34.8 Å². The van der Waals surface area contributed by atoms with E-state index in [4.69, 9.17) is 5.73 Å². The average molecular weight is 494 g/mol. The van der Waals surface area contributed by atoms with Crippen LogP contribution in [-0.2, 0) is 20.8 Å². The second-order valence-electron chi connectivity index (χ2n) is 9.31. The van der Waals surface area contributed by atoms with E-state index in [1.54, 1.807) is 20.2 Å². The molecule has 0 aromatic heterocycles. The van der Waals surface area contributed by atoms with Crippen LogP contribution in [0.15, 0.2) is 29.0 Å². The van der Waals surface area contributed by atoms with E-state index in [1.807, 2.05) is 19.0 Å². The van der Waals surface area contributed by atoms with E-state index in [-0.39, 0.29) is 42.1 Å². The number of halogens is 1. The number of benzene rings is 1. The minimum atomic E-state index is -2.63. The summed E-state index contributed by atoms with van der Waals surface area (Å²) in [6.07, 6.45) is 0.324. The standard InChI is InChI=1S/C23H27N3O7.ClH/c1-25(2)12-5-6-13(27)15-10(12)7-9-8-11-17(26(3)4)19(29)16(22(24)32)21(31)23(11,33)20(30)14(9)18(15)28;/h5-6,9,11,17,27-28,31,33H,7-8H2,1-4H3,(H2,24,32);1H/t9-,11-,17?,23+;/m1./s1. The van der Waals surface area contributed by atoms with Crippen LogP contribution in [0.1, 0.15) is 17.5 Å². The van der Waals surface area contributed by atoms with Crippen molar-refractivity contribution >= 4 is 41.3 Å². The Kier molecular flexibility index (Phi) is 6.23. The number of aliphatic hydroxyl groups excluding tert-OH is 2. The van der Waals surface area contributed by atoms with E-state index in [9.17, 15) is 34.8 Å². The largest absolute Gasteiger partial charge is 0.508 e. The molecule has 0 spiro atoms. The summed E-state index contributed by atoms with van der Waals surface area (Å²) < 4.78 is 0. The molecule has 1 saturated carbocycles. The quantitative estimate of drug-likeness (QED) is 0.376. The Morgan fingerprint density at radius 3 is 2.26 bits per heavy atom. The summed E-state index contributed by atoms with van der Waals surface area (Å²) in [6.45, 7) is 0. The third kappa shape index (κ3) is 3.20. The summed E-state index contributed by atoms with van der Waals surface area (Å²) in [5.74, 6) is -6.54. The SMILES string of the molecule is CN(C)c1ccc(O)c2c1C[C@@H]1C[C@@H]3C(N(C)C)C(=O)C(C(N)=O)=C(O)[C@@]3(O)C(=O)C1=C2O.Cl. The number of aliphatic hydroxyl groups is 3. The summed E-state index contributed by atoms with van der Waals surface area (Å²) in [5.41, 5.74) is 3.15. The van der Waals surface area contributed by atoms with E-state index in [1.165, 1.54) is 11.0 Å². The third-order valence-electron chi connectivity index (χ3n) is 7.06. The van der Waals surface area contributed by atoms with Gasteiger partial charge in [0.1, 0.15) is 22.8 Å². The van der Waals surface area contributed by atoms with Crippen molar-refractivity contribution in [1.29, 1.82) is 0 Å². The summed E-state index contributed by atoms with van der Waals surface area (Å²) in [6, 6.07) is 2.01. The van der Waals surface area contributed by atoms with E-state index in [0.29, 0.717) is 5.56 Å². The molecule has 34 heavy (non-hydrogen) atoms. The molecule has 0 aliphatic heterocycles. The number of hydrogen-bond donors (Lipinski definition) is 5. The van der Waals surface area contributed by atoms with Gasteiger partial charge in [0, 0.05) is 31.3 Å². The van der Waals surface area contributed by atoms with Gasteiger partial charge in [0.2, 0.25) is 5.78 Å². The lowest BCUT2D eigenvalue weighted by atomic mass is 9.57. The van der Waals surface area contributed by atoms with Crippen molar-refractivity contribution in [3.05, 3.63) is 40.2 Å². The number of phenolic OH excluding ortho intramolecular Hbond substituents is 1. The molecule has 1 unspecified atom stereocenters. The number of carbonyl (C=O) groups excluding carboxylic acids is 3. The number of likely N-dealkylation sites (N-methyl/N-ethyl adjacent to an activating group) is 1. The van der Waals surface area contributed by atoms with Crippen molar-refractivity contribution in [1.82, 2.24) is 4.90 Å². The minimum Gasteiger partial charge on any atom is -0.508 e. The molecule has 3 aliphatic rings. The van der Waals surface area contributed by atoms with Crippen molar-refractivity contribution in [3.8, 4) is 5.75 Å². The van der Waals surface area contributed by atoms with Crippen LogP contribution < -0.4 is 10.6 Å². The number of primary amides is 1. The topological polar surface area (TPSA) is 165 Å². The molecule has 4 rings (SSSR count). The highest BCUT2D eigenvalue weighted by Crippen LogP contribution is 2.53. The number of nitrogens with zero attached hydrogens (tertiary/aromatic N) is 2. The van der Waals surface area contributed by atoms with Crippen LogP contribution in [0.5, 0.6) is 5.75 Å². The summed E-state index contributed by atoms with van der Waals surface area (Å²) >= 11 is 0. The molecule has 10 nitrogen and oxygen atoms in total. The van der Waals surface area contributed by atoms with Crippen molar-refractivity contribution in [2.45, 2.75) is 24.5 Å². The Morgan fingerprint density at radius 1 is 1.12 bits per heavy atom.